The zero-order chi connectivity index (χ0) is 16.9. The predicted octanol–water partition coefficient (Wildman–Crippen LogP) is 3.35. The molecule has 0 aliphatic rings. The summed E-state index contributed by atoms with van der Waals surface area (Å²) in [6.45, 7) is 6.27. The van der Waals surface area contributed by atoms with E-state index in [0.29, 0.717) is 23.9 Å². The summed E-state index contributed by atoms with van der Waals surface area (Å²) >= 11 is 0. The van der Waals surface area contributed by atoms with Crippen molar-refractivity contribution in [1.29, 1.82) is 0 Å². The van der Waals surface area contributed by atoms with Crippen LogP contribution in [0.5, 0.6) is 5.75 Å². The van der Waals surface area contributed by atoms with Gasteiger partial charge in [-0.15, -0.1) is 0 Å². The summed E-state index contributed by atoms with van der Waals surface area (Å²) in [5.74, 6) is 1.05. The van der Waals surface area contributed by atoms with Crippen LogP contribution in [0.25, 0.3) is 0 Å². The van der Waals surface area contributed by atoms with Gasteiger partial charge in [-0.25, -0.2) is 0 Å². The molecule has 0 bridgehead atoms. The molecule has 0 aliphatic heterocycles. The lowest BCUT2D eigenvalue weighted by molar-refractivity contribution is -0.137. The summed E-state index contributed by atoms with van der Waals surface area (Å²) in [4.78, 5) is 14.8. The van der Waals surface area contributed by atoms with Gasteiger partial charge in [-0.1, -0.05) is 38.1 Å². The first-order chi connectivity index (χ1) is 10.8. The van der Waals surface area contributed by atoms with Crippen LogP contribution in [0.2, 0.25) is 0 Å². The number of carbonyl (C=O) groups is 1. The van der Waals surface area contributed by atoms with Crippen molar-refractivity contribution in [1.82, 2.24) is 10.1 Å². The van der Waals surface area contributed by atoms with Crippen LogP contribution >= 0.6 is 0 Å². The monoisotopic (exact) mass is 318 g/mol. The van der Waals surface area contributed by atoms with Crippen molar-refractivity contribution in [2.24, 2.45) is 0 Å². The molecule has 0 saturated heterocycles. The lowest BCUT2D eigenvalue weighted by Gasteiger charge is -2.10. The van der Waals surface area contributed by atoms with E-state index in [1.54, 1.807) is 0 Å². The Balaban J connectivity index is 1.84. The summed E-state index contributed by atoms with van der Waals surface area (Å²) in [5, 5.41) is 12.5. The summed E-state index contributed by atoms with van der Waals surface area (Å²) in [6, 6.07) is 7.60. The zero-order valence-electron chi connectivity index (χ0n) is 13.7. The van der Waals surface area contributed by atoms with Crippen LogP contribution in [0.1, 0.15) is 50.9 Å². The Morgan fingerprint density at radius 3 is 2.52 bits per heavy atom. The molecule has 0 aliphatic carbocycles. The molecule has 6 nitrogen and oxygen atoms in total. The Morgan fingerprint density at radius 1 is 1.26 bits per heavy atom. The second-order valence-corrected chi connectivity index (χ2v) is 6.45. The highest BCUT2D eigenvalue weighted by molar-refractivity contribution is 5.66. The highest BCUT2D eigenvalue weighted by atomic mass is 16.5. The fourth-order valence-electron chi connectivity index (χ4n) is 1.96. The molecular weight excluding hydrogens is 296 g/mol. The fourth-order valence-corrected chi connectivity index (χ4v) is 1.96. The Hall–Kier alpha value is -2.37. The lowest BCUT2D eigenvalue weighted by Crippen LogP contribution is -2.11. The molecular formula is C17H22N2O4. The van der Waals surface area contributed by atoms with Crippen LogP contribution in [-0.4, -0.2) is 21.2 Å². The topological polar surface area (TPSA) is 85.5 Å². The number of carboxylic acids is 1. The molecule has 0 atom stereocenters. The van der Waals surface area contributed by atoms with Gasteiger partial charge in [0.25, 0.3) is 0 Å². The van der Waals surface area contributed by atoms with E-state index in [0.717, 1.165) is 12.0 Å². The van der Waals surface area contributed by atoms with Crippen molar-refractivity contribution in [3.8, 4) is 5.75 Å². The average Bonchev–Trinajstić information content (AvgIpc) is 2.95. The van der Waals surface area contributed by atoms with Gasteiger partial charge in [-0.2, -0.15) is 4.98 Å². The quantitative estimate of drug-likeness (QED) is 0.842. The number of aromatic nitrogens is 2. The summed E-state index contributed by atoms with van der Waals surface area (Å²) in [5.41, 5.74) is 0.913. The molecule has 0 spiro atoms. The van der Waals surface area contributed by atoms with Gasteiger partial charge >= 0.3 is 5.97 Å². The van der Waals surface area contributed by atoms with E-state index in [9.17, 15) is 4.79 Å². The highest BCUT2D eigenvalue weighted by Crippen LogP contribution is 2.20. The lowest BCUT2D eigenvalue weighted by atomic mass is 9.97. The second kappa shape index (κ2) is 7.26. The summed E-state index contributed by atoms with van der Waals surface area (Å²) in [6.07, 6.45) is 1.56. The van der Waals surface area contributed by atoms with Crippen molar-refractivity contribution >= 4 is 5.97 Å². The largest absolute Gasteiger partial charge is 0.485 e. The first kappa shape index (κ1) is 17.0. The number of hydrogen-bond donors (Lipinski definition) is 1. The Labute approximate surface area is 135 Å². The first-order valence-electron chi connectivity index (χ1n) is 7.61. The number of aryl methyl sites for hydroxylation is 1. The van der Waals surface area contributed by atoms with Gasteiger partial charge in [0.05, 0.1) is 0 Å². The number of carboxylic acid groups (broad SMARTS) is 1. The van der Waals surface area contributed by atoms with E-state index in [-0.39, 0.29) is 18.4 Å². The van der Waals surface area contributed by atoms with Crippen LogP contribution in [0.3, 0.4) is 0 Å². The number of aliphatic carboxylic acids is 1. The third kappa shape index (κ3) is 5.39. The van der Waals surface area contributed by atoms with Gasteiger partial charge in [0.1, 0.15) is 5.75 Å². The molecule has 6 heteroatoms. The number of nitrogens with zero attached hydrogens (tertiary/aromatic N) is 2. The van der Waals surface area contributed by atoms with E-state index < -0.39 is 5.97 Å². The standard InChI is InChI=1S/C17H22N2O4/c1-17(2,3)16-18-14(19-23-16)11-22-13-9-7-12(8-10-13)5-4-6-15(20)21/h7-10H,4-6,11H2,1-3H3,(H,20,21). The molecule has 0 radical (unpaired) electrons. The maximum Gasteiger partial charge on any atom is 0.303 e. The minimum Gasteiger partial charge on any atom is -0.485 e. The van der Waals surface area contributed by atoms with E-state index in [4.69, 9.17) is 14.4 Å². The van der Waals surface area contributed by atoms with Crippen LogP contribution in [0, 0.1) is 0 Å². The Bertz CT molecular complexity index is 641. The predicted molar refractivity (Wildman–Crippen MR) is 84.3 cm³/mol. The van der Waals surface area contributed by atoms with Crippen LogP contribution in [0.15, 0.2) is 28.8 Å². The normalized spacial score (nSPS) is 11.4. The number of rotatable bonds is 7. The van der Waals surface area contributed by atoms with E-state index in [1.165, 1.54) is 0 Å². The van der Waals surface area contributed by atoms with E-state index in [1.807, 2.05) is 45.0 Å². The Kier molecular flexibility index (Phi) is 5.36. The van der Waals surface area contributed by atoms with Crippen LogP contribution in [-0.2, 0) is 23.2 Å². The minimum atomic E-state index is -0.764. The number of benzene rings is 1. The van der Waals surface area contributed by atoms with Crippen molar-refractivity contribution in [2.45, 2.75) is 52.1 Å². The average molecular weight is 318 g/mol. The summed E-state index contributed by atoms with van der Waals surface area (Å²) in [7, 11) is 0. The van der Waals surface area contributed by atoms with Gasteiger partial charge in [-0.05, 0) is 30.5 Å². The smallest absolute Gasteiger partial charge is 0.303 e. The molecule has 2 rings (SSSR count). The molecule has 2 aromatic rings. The maximum absolute atomic E-state index is 10.5. The molecule has 1 aromatic heterocycles. The molecule has 0 amide bonds. The molecule has 1 heterocycles. The molecule has 124 valence electrons. The third-order valence-electron chi connectivity index (χ3n) is 3.26. The molecule has 1 aromatic carbocycles. The highest BCUT2D eigenvalue weighted by Gasteiger charge is 2.21. The minimum absolute atomic E-state index is 0.178. The molecule has 0 unspecified atom stereocenters. The first-order valence-corrected chi connectivity index (χ1v) is 7.61. The third-order valence-corrected chi connectivity index (χ3v) is 3.26. The van der Waals surface area contributed by atoms with Gasteiger partial charge in [0, 0.05) is 11.8 Å². The molecule has 0 saturated carbocycles. The van der Waals surface area contributed by atoms with Gasteiger partial charge in [0.15, 0.2) is 6.61 Å². The van der Waals surface area contributed by atoms with Crippen molar-refractivity contribution in [3.05, 3.63) is 41.5 Å². The van der Waals surface area contributed by atoms with Crippen LogP contribution in [0.4, 0.5) is 0 Å². The number of hydrogen-bond acceptors (Lipinski definition) is 5. The molecule has 0 fully saturated rings. The second-order valence-electron chi connectivity index (χ2n) is 6.45. The SMILES string of the molecule is CC(C)(C)c1nc(COc2ccc(CCCC(=O)O)cc2)no1. The number of ether oxygens (including phenoxy) is 1. The Morgan fingerprint density at radius 2 is 1.96 bits per heavy atom. The van der Waals surface area contributed by atoms with E-state index >= 15 is 0 Å². The van der Waals surface area contributed by atoms with Gasteiger partial charge in [0.2, 0.25) is 11.7 Å². The molecule has 23 heavy (non-hydrogen) atoms. The van der Waals surface area contributed by atoms with Gasteiger partial charge < -0.3 is 14.4 Å². The van der Waals surface area contributed by atoms with Gasteiger partial charge in [-0.3, -0.25) is 4.79 Å². The maximum atomic E-state index is 10.5. The van der Waals surface area contributed by atoms with Crippen molar-refractivity contribution in [2.75, 3.05) is 0 Å². The van der Waals surface area contributed by atoms with Crippen molar-refractivity contribution < 1.29 is 19.2 Å². The van der Waals surface area contributed by atoms with Crippen molar-refractivity contribution in [3.63, 3.8) is 0 Å². The summed E-state index contributed by atoms with van der Waals surface area (Å²) < 4.78 is 10.8. The van der Waals surface area contributed by atoms with E-state index in [2.05, 4.69) is 10.1 Å². The van der Waals surface area contributed by atoms with Crippen LogP contribution < -0.4 is 4.74 Å². The zero-order valence-corrected chi connectivity index (χ0v) is 13.7. The molecule has 1 N–H and O–H groups in total. The fraction of sp³-hybridized carbons (Fsp3) is 0.471.